The zero-order valence-corrected chi connectivity index (χ0v) is 16.5. The van der Waals surface area contributed by atoms with Crippen molar-refractivity contribution in [1.29, 1.82) is 0 Å². The van der Waals surface area contributed by atoms with Crippen LogP contribution in [0, 0.1) is 5.92 Å². The number of ether oxygens (including phenoxy) is 2. The van der Waals surface area contributed by atoms with Crippen molar-refractivity contribution < 1.29 is 22.7 Å². The Kier molecular flexibility index (Phi) is 7.43. The van der Waals surface area contributed by atoms with Gasteiger partial charge in [-0.1, -0.05) is 13.8 Å². The van der Waals surface area contributed by atoms with Crippen molar-refractivity contribution in [3.05, 3.63) is 18.2 Å². The van der Waals surface area contributed by atoms with Gasteiger partial charge in [0.1, 0.15) is 10.6 Å². The van der Waals surface area contributed by atoms with E-state index in [4.69, 9.17) is 9.47 Å². The molecule has 0 radical (unpaired) electrons. The topological polar surface area (TPSA) is 84.9 Å². The van der Waals surface area contributed by atoms with Gasteiger partial charge in [0.2, 0.25) is 15.9 Å². The number of nitrogens with one attached hydrogen (secondary N) is 1. The third kappa shape index (κ3) is 5.43. The molecule has 1 fully saturated rings. The maximum absolute atomic E-state index is 13.0. The van der Waals surface area contributed by atoms with Crippen LogP contribution in [0.4, 0.5) is 5.69 Å². The van der Waals surface area contributed by atoms with Gasteiger partial charge in [-0.3, -0.25) is 4.79 Å². The molecule has 1 aromatic rings. The number of hydrogen-bond donors (Lipinski definition) is 1. The first kappa shape index (κ1) is 20.7. The maximum Gasteiger partial charge on any atom is 0.246 e. The monoisotopic (exact) mass is 384 g/mol. The largest absolute Gasteiger partial charge is 0.492 e. The van der Waals surface area contributed by atoms with E-state index in [-0.39, 0.29) is 10.8 Å². The normalized spacial score (nSPS) is 15.8. The molecule has 2 rings (SSSR count). The highest BCUT2D eigenvalue weighted by Gasteiger charge is 2.29. The number of morpholine rings is 1. The minimum absolute atomic E-state index is 0.0721. The lowest BCUT2D eigenvalue weighted by Gasteiger charge is -2.27. The second-order valence-corrected chi connectivity index (χ2v) is 8.50. The van der Waals surface area contributed by atoms with E-state index < -0.39 is 10.0 Å². The second kappa shape index (κ2) is 9.34. The molecule has 1 aliphatic heterocycles. The maximum atomic E-state index is 13.0. The molecule has 1 N–H and O–H groups in total. The van der Waals surface area contributed by atoms with Crippen LogP contribution in [0.1, 0.15) is 33.6 Å². The number of benzene rings is 1. The van der Waals surface area contributed by atoms with Crippen LogP contribution in [0.5, 0.6) is 5.75 Å². The first-order valence-electron chi connectivity index (χ1n) is 8.99. The van der Waals surface area contributed by atoms with Gasteiger partial charge >= 0.3 is 0 Å². The standard InChI is InChI=1S/C18H28N2O5S/c1-4-25-16-7-6-15(19-18(21)8-5-14(2)3)13-17(16)26(22,23)20-9-11-24-12-10-20/h6-7,13-14H,4-5,8-12H2,1-3H3,(H,19,21). The van der Waals surface area contributed by atoms with E-state index in [0.717, 1.165) is 6.42 Å². The molecule has 0 bridgehead atoms. The molecular formula is C18H28N2O5S. The minimum atomic E-state index is -3.72. The molecule has 1 aromatic carbocycles. The molecule has 0 spiro atoms. The van der Waals surface area contributed by atoms with Crippen LogP contribution in [0.15, 0.2) is 23.1 Å². The molecule has 0 saturated carbocycles. The van der Waals surface area contributed by atoms with Crippen molar-refractivity contribution in [2.45, 2.75) is 38.5 Å². The van der Waals surface area contributed by atoms with Gasteiger partial charge in [-0.05, 0) is 37.5 Å². The molecule has 0 aromatic heterocycles. The van der Waals surface area contributed by atoms with E-state index in [1.165, 1.54) is 10.4 Å². The summed E-state index contributed by atoms with van der Waals surface area (Å²) in [7, 11) is -3.72. The number of carbonyl (C=O) groups excluding carboxylic acids is 1. The summed E-state index contributed by atoms with van der Waals surface area (Å²) in [6.07, 6.45) is 1.18. The molecule has 0 aliphatic carbocycles. The number of sulfonamides is 1. The predicted octanol–water partition coefficient (Wildman–Crippen LogP) is 2.48. The fraction of sp³-hybridized carbons (Fsp3) is 0.611. The summed E-state index contributed by atoms with van der Waals surface area (Å²) in [6.45, 7) is 7.61. The average Bonchev–Trinajstić information content (AvgIpc) is 2.62. The Labute approximate surface area is 155 Å². The fourth-order valence-electron chi connectivity index (χ4n) is 2.63. The smallest absolute Gasteiger partial charge is 0.246 e. The first-order valence-corrected chi connectivity index (χ1v) is 10.4. The minimum Gasteiger partial charge on any atom is -0.492 e. The van der Waals surface area contributed by atoms with Crippen molar-refractivity contribution in [3.63, 3.8) is 0 Å². The third-order valence-electron chi connectivity index (χ3n) is 4.06. The van der Waals surface area contributed by atoms with Crippen LogP contribution in [-0.4, -0.2) is 51.5 Å². The Hall–Kier alpha value is -1.64. The van der Waals surface area contributed by atoms with E-state index in [2.05, 4.69) is 19.2 Å². The lowest BCUT2D eigenvalue weighted by Crippen LogP contribution is -2.40. The summed E-state index contributed by atoms with van der Waals surface area (Å²) in [4.78, 5) is 12.1. The predicted molar refractivity (Wildman–Crippen MR) is 99.9 cm³/mol. The van der Waals surface area contributed by atoms with Crippen LogP contribution in [0.25, 0.3) is 0 Å². The van der Waals surface area contributed by atoms with Gasteiger partial charge in [0.15, 0.2) is 0 Å². The van der Waals surface area contributed by atoms with E-state index in [1.54, 1.807) is 19.1 Å². The van der Waals surface area contributed by atoms with Crippen molar-refractivity contribution in [2.75, 3.05) is 38.2 Å². The highest BCUT2D eigenvalue weighted by atomic mass is 32.2. The zero-order chi connectivity index (χ0) is 19.2. The average molecular weight is 384 g/mol. The van der Waals surface area contributed by atoms with Crippen LogP contribution in [0.3, 0.4) is 0 Å². The lowest BCUT2D eigenvalue weighted by atomic mass is 10.1. The summed E-state index contributed by atoms with van der Waals surface area (Å²) in [5.41, 5.74) is 0.453. The molecule has 0 unspecified atom stereocenters. The number of hydrogen-bond acceptors (Lipinski definition) is 5. The van der Waals surface area contributed by atoms with Crippen LogP contribution in [0.2, 0.25) is 0 Å². The summed E-state index contributed by atoms with van der Waals surface area (Å²) in [5, 5.41) is 2.78. The van der Waals surface area contributed by atoms with Gasteiger partial charge in [0, 0.05) is 25.2 Å². The molecule has 0 atom stereocenters. The Morgan fingerprint density at radius 2 is 2.00 bits per heavy atom. The zero-order valence-electron chi connectivity index (χ0n) is 15.7. The first-order chi connectivity index (χ1) is 12.3. The van der Waals surface area contributed by atoms with Gasteiger partial charge in [-0.2, -0.15) is 4.31 Å². The van der Waals surface area contributed by atoms with Crippen molar-refractivity contribution in [3.8, 4) is 5.75 Å². The van der Waals surface area contributed by atoms with Gasteiger partial charge in [0.05, 0.1) is 19.8 Å². The number of amides is 1. The molecule has 1 saturated heterocycles. The van der Waals surface area contributed by atoms with Crippen LogP contribution in [-0.2, 0) is 19.6 Å². The highest BCUT2D eigenvalue weighted by molar-refractivity contribution is 7.89. The number of nitrogens with zero attached hydrogens (tertiary/aromatic N) is 1. The summed E-state index contributed by atoms with van der Waals surface area (Å²) < 4.78 is 38.2. The van der Waals surface area contributed by atoms with Gasteiger partial charge in [0.25, 0.3) is 0 Å². The molecule has 1 aliphatic rings. The Bertz CT molecular complexity index is 712. The number of rotatable bonds is 8. The molecule has 7 nitrogen and oxygen atoms in total. The Morgan fingerprint density at radius 1 is 1.31 bits per heavy atom. The summed E-state index contributed by atoms with van der Waals surface area (Å²) >= 11 is 0. The van der Waals surface area contributed by atoms with Crippen LogP contribution >= 0.6 is 0 Å². The van der Waals surface area contributed by atoms with Crippen molar-refractivity contribution in [1.82, 2.24) is 4.31 Å². The van der Waals surface area contributed by atoms with E-state index in [1.807, 2.05) is 0 Å². The van der Waals surface area contributed by atoms with Crippen molar-refractivity contribution in [2.24, 2.45) is 5.92 Å². The van der Waals surface area contributed by atoms with E-state index >= 15 is 0 Å². The molecular weight excluding hydrogens is 356 g/mol. The lowest BCUT2D eigenvalue weighted by molar-refractivity contribution is -0.116. The van der Waals surface area contributed by atoms with Gasteiger partial charge in [-0.15, -0.1) is 0 Å². The molecule has 8 heteroatoms. The Balaban J connectivity index is 2.26. The third-order valence-corrected chi connectivity index (χ3v) is 5.98. The number of carbonyl (C=O) groups is 1. The SMILES string of the molecule is CCOc1ccc(NC(=O)CCC(C)C)cc1S(=O)(=O)N1CCOCC1. The second-order valence-electron chi connectivity index (χ2n) is 6.59. The van der Waals surface area contributed by atoms with Gasteiger partial charge in [-0.25, -0.2) is 8.42 Å². The highest BCUT2D eigenvalue weighted by Crippen LogP contribution is 2.30. The molecule has 1 amide bonds. The van der Waals surface area contributed by atoms with E-state index in [9.17, 15) is 13.2 Å². The van der Waals surface area contributed by atoms with Crippen molar-refractivity contribution >= 4 is 21.6 Å². The number of anilines is 1. The molecule has 1 heterocycles. The van der Waals surface area contributed by atoms with Crippen LogP contribution < -0.4 is 10.1 Å². The Morgan fingerprint density at radius 3 is 2.62 bits per heavy atom. The fourth-order valence-corrected chi connectivity index (χ4v) is 4.20. The molecule has 26 heavy (non-hydrogen) atoms. The summed E-state index contributed by atoms with van der Waals surface area (Å²) in [6, 6.07) is 4.73. The summed E-state index contributed by atoms with van der Waals surface area (Å²) in [5.74, 6) is 0.593. The molecule has 146 valence electrons. The van der Waals surface area contributed by atoms with E-state index in [0.29, 0.717) is 56.7 Å². The van der Waals surface area contributed by atoms with Gasteiger partial charge < -0.3 is 14.8 Å². The quantitative estimate of drug-likeness (QED) is 0.744.